The van der Waals surface area contributed by atoms with Gasteiger partial charge in [0.15, 0.2) is 0 Å². The van der Waals surface area contributed by atoms with Gasteiger partial charge in [0, 0.05) is 12.6 Å². The van der Waals surface area contributed by atoms with E-state index in [1.54, 1.807) is 4.90 Å². The molecule has 0 bridgehead atoms. The Morgan fingerprint density at radius 2 is 2.21 bits per heavy atom. The number of carboxylic acids is 1. The molecule has 0 aromatic heterocycles. The average Bonchev–Trinajstić information content (AvgIpc) is 2.77. The summed E-state index contributed by atoms with van der Waals surface area (Å²) < 4.78 is 13.0. The summed E-state index contributed by atoms with van der Waals surface area (Å²) in [6.07, 6.45) is 1.87. The van der Waals surface area contributed by atoms with E-state index in [-0.39, 0.29) is 23.3 Å². The number of benzene rings is 1. The zero-order chi connectivity index (χ0) is 14.0. The highest BCUT2D eigenvalue weighted by atomic mass is 19.1. The largest absolute Gasteiger partial charge is 0.478 e. The van der Waals surface area contributed by atoms with Crippen molar-refractivity contribution in [3.05, 3.63) is 29.6 Å². The smallest absolute Gasteiger partial charge is 0.337 e. The number of aromatic carboxylic acids is 1. The third-order valence-electron chi connectivity index (χ3n) is 3.27. The van der Waals surface area contributed by atoms with Crippen molar-refractivity contribution in [2.75, 3.05) is 11.9 Å². The number of carboxylic acid groups (broad SMARTS) is 1. The Balaban J connectivity index is 2.19. The molecule has 1 aromatic carbocycles. The van der Waals surface area contributed by atoms with E-state index in [1.807, 2.05) is 6.92 Å². The van der Waals surface area contributed by atoms with E-state index in [0.717, 1.165) is 25.0 Å². The molecule has 2 rings (SSSR count). The fraction of sp³-hybridized carbons (Fsp3) is 0.385. The number of nitrogens with zero attached hydrogens (tertiary/aromatic N) is 1. The first-order chi connectivity index (χ1) is 8.99. The van der Waals surface area contributed by atoms with Crippen LogP contribution in [0.5, 0.6) is 0 Å². The molecule has 0 spiro atoms. The molecule has 0 aliphatic carbocycles. The average molecular weight is 266 g/mol. The van der Waals surface area contributed by atoms with Crippen LogP contribution in [0.3, 0.4) is 0 Å². The molecule has 1 heterocycles. The van der Waals surface area contributed by atoms with Gasteiger partial charge in [-0.1, -0.05) is 0 Å². The molecule has 1 fully saturated rings. The Labute approximate surface area is 110 Å². The van der Waals surface area contributed by atoms with Gasteiger partial charge in [0.1, 0.15) is 5.82 Å². The van der Waals surface area contributed by atoms with Gasteiger partial charge in [0.25, 0.3) is 0 Å². The molecule has 0 radical (unpaired) electrons. The summed E-state index contributed by atoms with van der Waals surface area (Å²) in [5.74, 6) is -1.92. The van der Waals surface area contributed by atoms with Gasteiger partial charge in [-0.15, -0.1) is 0 Å². The molecule has 6 heteroatoms. The van der Waals surface area contributed by atoms with Crippen LogP contribution in [-0.2, 0) is 0 Å². The fourth-order valence-corrected chi connectivity index (χ4v) is 2.22. The van der Waals surface area contributed by atoms with Crippen molar-refractivity contribution in [3.63, 3.8) is 0 Å². The van der Waals surface area contributed by atoms with Crippen molar-refractivity contribution in [2.45, 2.75) is 25.8 Å². The Morgan fingerprint density at radius 1 is 1.47 bits per heavy atom. The quantitative estimate of drug-likeness (QED) is 0.864. The first-order valence-electron chi connectivity index (χ1n) is 6.09. The third-order valence-corrected chi connectivity index (χ3v) is 3.27. The van der Waals surface area contributed by atoms with Crippen LogP contribution in [0.15, 0.2) is 18.2 Å². The summed E-state index contributed by atoms with van der Waals surface area (Å²) in [5, 5.41) is 11.5. The lowest BCUT2D eigenvalue weighted by Crippen LogP contribution is -2.37. The number of carbonyl (C=O) groups is 2. The predicted molar refractivity (Wildman–Crippen MR) is 67.8 cm³/mol. The van der Waals surface area contributed by atoms with Crippen LogP contribution in [0.25, 0.3) is 0 Å². The second-order valence-corrected chi connectivity index (χ2v) is 4.61. The van der Waals surface area contributed by atoms with Crippen molar-refractivity contribution in [2.24, 2.45) is 0 Å². The van der Waals surface area contributed by atoms with E-state index in [1.165, 1.54) is 6.07 Å². The fourth-order valence-electron chi connectivity index (χ4n) is 2.22. The molecule has 19 heavy (non-hydrogen) atoms. The highest BCUT2D eigenvalue weighted by Crippen LogP contribution is 2.21. The van der Waals surface area contributed by atoms with Gasteiger partial charge in [-0.3, -0.25) is 0 Å². The van der Waals surface area contributed by atoms with E-state index in [0.29, 0.717) is 6.54 Å². The van der Waals surface area contributed by atoms with Gasteiger partial charge in [-0.25, -0.2) is 14.0 Å². The normalized spacial score (nSPS) is 18.4. The molecule has 1 aromatic rings. The molecule has 0 saturated carbocycles. The lowest BCUT2D eigenvalue weighted by Gasteiger charge is -2.22. The summed E-state index contributed by atoms with van der Waals surface area (Å²) in [6, 6.07) is 3.06. The first-order valence-corrected chi connectivity index (χ1v) is 6.09. The maximum absolute atomic E-state index is 13.0. The van der Waals surface area contributed by atoms with Gasteiger partial charge in [-0.05, 0) is 38.0 Å². The number of hydrogen-bond acceptors (Lipinski definition) is 2. The number of halogens is 1. The molecule has 1 aliphatic heterocycles. The first kappa shape index (κ1) is 13.3. The van der Waals surface area contributed by atoms with Crippen molar-refractivity contribution in [3.8, 4) is 0 Å². The minimum absolute atomic E-state index is 0.109. The molecule has 5 nitrogen and oxygen atoms in total. The second-order valence-electron chi connectivity index (χ2n) is 4.61. The predicted octanol–water partition coefficient (Wildman–Crippen LogP) is 2.54. The van der Waals surface area contributed by atoms with Gasteiger partial charge in [0.05, 0.1) is 11.3 Å². The van der Waals surface area contributed by atoms with Crippen molar-refractivity contribution >= 4 is 17.7 Å². The maximum atomic E-state index is 13.0. The van der Waals surface area contributed by atoms with E-state index in [9.17, 15) is 14.0 Å². The number of carbonyl (C=O) groups excluding carboxylic acids is 1. The molecular formula is C13H15FN2O3. The summed E-state index contributed by atoms with van der Waals surface area (Å²) >= 11 is 0. The summed E-state index contributed by atoms with van der Waals surface area (Å²) in [7, 11) is 0. The number of anilines is 1. The zero-order valence-electron chi connectivity index (χ0n) is 10.5. The summed E-state index contributed by atoms with van der Waals surface area (Å²) in [6.45, 7) is 2.59. The molecule has 1 atom stereocenters. The highest BCUT2D eigenvalue weighted by Gasteiger charge is 2.26. The van der Waals surface area contributed by atoms with E-state index >= 15 is 0 Å². The molecule has 1 saturated heterocycles. The molecule has 1 aliphatic rings. The molecule has 2 amide bonds. The lowest BCUT2D eigenvalue weighted by atomic mass is 10.1. The third kappa shape index (κ3) is 2.83. The van der Waals surface area contributed by atoms with Crippen LogP contribution in [0.1, 0.15) is 30.1 Å². The minimum atomic E-state index is -1.27. The van der Waals surface area contributed by atoms with E-state index < -0.39 is 11.8 Å². The van der Waals surface area contributed by atoms with E-state index in [4.69, 9.17) is 5.11 Å². The lowest BCUT2D eigenvalue weighted by molar-refractivity contribution is 0.0697. The topological polar surface area (TPSA) is 69.6 Å². The van der Waals surface area contributed by atoms with E-state index in [2.05, 4.69) is 5.32 Å². The van der Waals surface area contributed by atoms with Crippen molar-refractivity contribution in [1.82, 2.24) is 4.90 Å². The minimum Gasteiger partial charge on any atom is -0.478 e. The number of likely N-dealkylation sites (tertiary alicyclic amines) is 1. The monoisotopic (exact) mass is 266 g/mol. The number of rotatable bonds is 2. The Hall–Kier alpha value is -2.11. The van der Waals surface area contributed by atoms with Crippen molar-refractivity contribution < 1.29 is 19.1 Å². The number of hydrogen-bond donors (Lipinski definition) is 2. The number of amides is 2. The Bertz CT molecular complexity index is 519. The van der Waals surface area contributed by atoms with Gasteiger partial charge < -0.3 is 15.3 Å². The number of nitrogens with one attached hydrogen (secondary N) is 1. The van der Waals surface area contributed by atoms with Crippen LogP contribution in [0.2, 0.25) is 0 Å². The van der Waals surface area contributed by atoms with Gasteiger partial charge in [-0.2, -0.15) is 0 Å². The van der Waals surface area contributed by atoms with Crippen molar-refractivity contribution in [1.29, 1.82) is 0 Å². The maximum Gasteiger partial charge on any atom is 0.337 e. The SMILES string of the molecule is CC1CCCN1C(=O)Nc1ccc(F)cc1C(=O)O. The van der Waals surface area contributed by atoms with Crippen LogP contribution in [-0.4, -0.2) is 34.6 Å². The summed E-state index contributed by atoms with van der Waals surface area (Å²) in [4.78, 5) is 24.7. The molecule has 102 valence electrons. The van der Waals surface area contributed by atoms with Crippen LogP contribution < -0.4 is 5.32 Å². The molecule has 1 unspecified atom stereocenters. The summed E-state index contributed by atoms with van der Waals surface area (Å²) in [5.41, 5.74) is -0.141. The Kier molecular flexibility index (Phi) is 3.69. The molecule has 2 N–H and O–H groups in total. The second kappa shape index (κ2) is 5.26. The van der Waals surface area contributed by atoms with Gasteiger partial charge >= 0.3 is 12.0 Å². The standard InChI is InChI=1S/C13H15FN2O3/c1-8-3-2-6-16(8)13(19)15-11-5-4-9(14)7-10(11)12(17)18/h4-5,7-8H,2-3,6H2,1H3,(H,15,19)(H,17,18). The van der Waals surface area contributed by atoms with Crippen LogP contribution >= 0.6 is 0 Å². The highest BCUT2D eigenvalue weighted by molar-refractivity contribution is 6.00. The van der Waals surface area contributed by atoms with Gasteiger partial charge in [0.2, 0.25) is 0 Å². The van der Waals surface area contributed by atoms with Crippen LogP contribution in [0, 0.1) is 5.82 Å². The number of urea groups is 1. The van der Waals surface area contributed by atoms with Crippen LogP contribution in [0.4, 0.5) is 14.9 Å². The zero-order valence-corrected chi connectivity index (χ0v) is 10.5. The Morgan fingerprint density at radius 3 is 2.79 bits per heavy atom. The molecular weight excluding hydrogens is 251 g/mol.